The van der Waals surface area contributed by atoms with Crippen molar-refractivity contribution in [3.8, 4) is 0 Å². The Balaban J connectivity index is 2.21. The minimum atomic E-state index is -0.0695. The smallest absolute Gasteiger partial charge is 0.255 e. The third-order valence-electron chi connectivity index (χ3n) is 2.97. The van der Waals surface area contributed by atoms with Crippen LogP contribution in [0.2, 0.25) is 0 Å². The van der Waals surface area contributed by atoms with Crippen molar-refractivity contribution in [2.75, 3.05) is 12.8 Å². The van der Waals surface area contributed by atoms with Gasteiger partial charge in [0, 0.05) is 23.8 Å². The predicted molar refractivity (Wildman–Crippen MR) is 88.5 cm³/mol. The van der Waals surface area contributed by atoms with Crippen LogP contribution in [0.25, 0.3) is 0 Å². The Kier molecular flexibility index (Phi) is 4.83. The number of amides is 1. The van der Waals surface area contributed by atoms with Gasteiger partial charge in [-0.2, -0.15) is 0 Å². The number of carbonyl (C=O) groups is 1. The first-order valence-electron chi connectivity index (χ1n) is 6.03. The second-order valence-electron chi connectivity index (χ2n) is 4.46. The van der Waals surface area contributed by atoms with Gasteiger partial charge >= 0.3 is 0 Å². The maximum Gasteiger partial charge on any atom is 0.255 e. The first-order valence-corrected chi connectivity index (χ1v) is 7.62. The topological polar surface area (TPSA) is 46.3 Å². The highest BCUT2D eigenvalue weighted by Gasteiger charge is 2.16. The highest BCUT2D eigenvalue weighted by molar-refractivity contribution is 9.11. The Hall–Kier alpha value is -1.33. The van der Waals surface area contributed by atoms with Crippen LogP contribution >= 0.6 is 31.9 Å². The molecule has 0 aliphatic carbocycles. The third-order valence-corrected chi connectivity index (χ3v) is 4.63. The summed E-state index contributed by atoms with van der Waals surface area (Å²) in [5.41, 5.74) is 8.00. The average molecular weight is 398 g/mol. The summed E-state index contributed by atoms with van der Waals surface area (Å²) < 4.78 is 1.63. The van der Waals surface area contributed by atoms with Crippen molar-refractivity contribution in [3.05, 3.63) is 62.5 Å². The number of nitrogens with two attached hydrogens (primary N) is 1. The number of carbonyl (C=O) groups excluding carboxylic acids is 1. The molecule has 0 fully saturated rings. The lowest BCUT2D eigenvalue weighted by Gasteiger charge is -2.19. The van der Waals surface area contributed by atoms with Gasteiger partial charge in [-0.25, -0.2) is 0 Å². The molecule has 5 heteroatoms. The van der Waals surface area contributed by atoms with E-state index < -0.39 is 0 Å². The maximum absolute atomic E-state index is 12.5. The van der Waals surface area contributed by atoms with Crippen LogP contribution in [0.1, 0.15) is 15.9 Å². The Morgan fingerprint density at radius 2 is 1.85 bits per heavy atom. The standard InChI is InChI=1S/C15H14Br2N2O/c1-19(9-10-5-2-3-7-12(10)16)15(20)11-6-4-8-13(18)14(11)17/h2-8H,9,18H2,1H3. The molecule has 2 aromatic carbocycles. The number of benzene rings is 2. The fraction of sp³-hybridized carbons (Fsp3) is 0.133. The van der Waals surface area contributed by atoms with E-state index in [9.17, 15) is 4.79 Å². The molecule has 0 aliphatic rings. The Bertz CT molecular complexity index is 644. The van der Waals surface area contributed by atoms with Crippen molar-refractivity contribution in [2.45, 2.75) is 6.54 Å². The molecule has 0 radical (unpaired) electrons. The van der Waals surface area contributed by atoms with Gasteiger partial charge < -0.3 is 10.6 Å². The fourth-order valence-corrected chi connectivity index (χ4v) is 2.72. The Morgan fingerprint density at radius 3 is 2.55 bits per heavy atom. The van der Waals surface area contributed by atoms with Crippen LogP contribution in [0.3, 0.4) is 0 Å². The molecule has 0 atom stereocenters. The minimum absolute atomic E-state index is 0.0695. The molecule has 0 saturated carbocycles. The maximum atomic E-state index is 12.5. The van der Waals surface area contributed by atoms with Gasteiger partial charge in [0.1, 0.15) is 0 Å². The van der Waals surface area contributed by atoms with Gasteiger partial charge in [-0.15, -0.1) is 0 Å². The summed E-state index contributed by atoms with van der Waals surface area (Å²) in [7, 11) is 1.78. The number of halogens is 2. The van der Waals surface area contributed by atoms with Crippen LogP contribution in [-0.2, 0) is 6.54 Å². The molecule has 0 bridgehead atoms. The lowest BCUT2D eigenvalue weighted by atomic mass is 10.1. The van der Waals surface area contributed by atoms with E-state index in [2.05, 4.69) is 31.9 Å². The van der Waals surface area contributed by atoms with Gasteiger partial charge in [-0.3, -0.25) is 4.79 Å². The molecule has 0 aromatic heterocycles. The molecule has 2 rings (SSSR count). The van der Waals surface area contributed by atoms with Crippen LogP contribution in [0.5, 0.6) is 0 Å². The second kappa shape index (κ2) is 6.41. The lowest BCUT2D eigenvalue weighted by Crippen LogP contribution is -2.26. The van der Waals surface area contributed by atoms with Gasteiger partial charge in [0.25, 0.3) is 5.91 Å². The molecule has 3 nitrogen and oxygen atoms in total. The van der Waals surface area contributed by atoms with Gasteiger partial charge in [-0.05, 0) is 39.7 Å². The third kappa shape index (κ3) is 3.22. The SMILES string of the molecule is CN(Cc1ccccc1Br)C(=O)c1cccc(N)c1Br. The largest absolute Gasteiger partial charge is 0.398 e. The summed E-state index contributed by atoms with van der Waals surface area (Å²) in [5.74, 6) is -0.0695. The normalized spacial score (nSPS) is 10.3. The first-order chi connectivity index (χ1) is 9.50. The van der Waals surface area contributed by atoms with E-state index in [0.29, 0.717) is 22.3 Å². The van der Waals surface area contributed by atoms with E-state index in [1.807, 2.05) is 24.3 Å². The number of nitrogen functional groups attached to an aromatic ring is 1. The summed E-state index contributed by atoms with van der Waals surface area (Å²) in [4.78, 5) is 14.1. The fourth-order valence-electron chi connectivity index (χ4n) is 1.87. The molecule has 104 valence electrons. The molecule has 2 aromatic rings. The molecule has 20 heavy (non-hydrogen) atoms. The van der Waals surface area contributed by atoms with E-state index in [4.69, 9.17) is 5.73 Å². The Labute approximate surface area is 135 Å². The van der Waals surface area contributed by atoms with E-state index in [0.717, 1.165) is 10.0 Å². The zero-order valence-corrected chi connectivity index (χ0v) is 14.1. The van der Waals surface area contributed by atoms with Crippen molar-refractivity contribution in [3.63, 3.8) is 0 Å². The summed E-state index contributed by atoms with van der Waals surface area (Å²) >= 11 is 6.86. The van der Waals surface area contributed by atoms with E-state index in [1.54, 1.807) is 30.1 Å². The summed E-state index contributed by atoms with van der Waals surface area (Å²) in [6.45, 7) is 0.529. The average Bonchev–Trinajstić information content (AvgIpc) is 2.43. The molecule has 0 aliphatic heterocycles. The number of nitrogens with zero attached hydrogens (tertiary/aromatic N) is 1. The van der Waals surface area contributed by atoms with Gasteiger partial charge in [0.2, 0.25) is 0 Å². The second-order valence-corrected chi connectivity index (χ2v) is 6.11. The molecule has 2 N–H and O–H groups in total. The first kappa shape index (κ1) is 15.1. The van der Waals surface area contributed by atoms with Crippen molar-refractivity contribution >= 4 is 43.5 Å². The summed E-state index contributed by atoms with van der Waals surface area (Å²) in [6.07, 6.45) is 0. The van der Waals surface area contributed by atoms with Crippen molar-refractivity contribution in [1.82, 2.24) is 4.90 Å². The zero-order valence-electron chi connectivity index (χ0n) is 10.9. The van der Waals surface area contributed by atoms with Crippen molar-refractivity contribution in [1.29, 1.82) is 0 Å². The minimum Gasteiger partial charge on any atom is -0.398 e. The van der Waals surface area contributed by atoms with Gasteiger partial charge in [0.15, 0.2) is 0 Å². The molecule has 1 amide bonds. The van der Waals surface area contributed by atoms with E-state index in [1.165, 1.54) is 0 Å². The highest BCUT2D eigenvalue weighted by Crippen LogP contribution is 2.25. The van der Waals surface area contributed by atoms with Crippen LogP contribution in [0.4, 0.5) is 5.69 Å². The van der Waals surface area contributed by atoms with E-state index >= 15 is 0 Å². The van der Waals surface area contributed by atoms with Crippen molar-refractivity contribution < 1.29 is 4.79 Å². The quantitative estimate of drug-likeness (QED) is 0.793. The molecular formula is C15H14Br2N2O. The van der Waals surface area contributed by atoms with Crippen LogP contribution < -0.4 is 5.73 Å². The lowest BCUT2D eigenvalue weighted by molar-refractivity contribution is 0.0784. The molecule has 0 saturated heterocycles. The van der Waals surface area contributed by atoms with Crippen LogP contribution in [0, 0.1) is 0 Å². The molecule has 0 unspecified atom stereocenters. The van der Waals surface area contributed by atoms with Crippen LogP contribution in [0.15, 0.2) is 51.4 Å². The van der Waals surface area contributed by atoms with E-state index in [-0.39, 0.29) is 5.91 Å². The molecular weight excluding hydrogens is 384 g/mol. The zero-order chi connectivity index (χ0) is 14.7. The van der Waals surface area contributed by atoms with Crippen molar-refractivity contribution in [2.24, 2.45) is 0 Å². The highest BCUT2D eigenvalue weighted by atomic mass is 79.9. The number of anilines is 1. The predicted octanol–water partition coefficient (Wildman–Crippen LogP) is 4.07. The van der Waals surface area contributed by atoms with Gasteiger partial charge in [0.05, 0.1) is 10.0 Å². The molecule has 0 spiro atoms. The monoisotopic (exact) mass is 396 g/mol. The summed E-state index contributed by atoms with van der Waals surface area (Å²) in [5, 5.41) is 0. The Morgan fingerprint density at radius 1 is 1.15 bits per heavy atom. The van der Waals surface area contributed by atoms with Crippen LogP contribution in [-0.4, -0.2) is 17.9 Å². The number of rotatable bonds is 3. The summed E-state index contributed by atoms with van der Waals surface area (Å²) in [6, 6.07) is 13.2. The number of hydrogen-bond donors (Lipinski definition) is 1. The molecule has 0 heterocycles. The van der Waals surface area contributed by atoms with Gasteiger partial charge in [-0.1, -0.05) is 40.2 Å². The number of hydrogen-bond acceptors (Lipinski definition) is 2.